The molecule has 27 heavy (non-hydrogen) atoms. The number of carboxylic acid groups (broad SMARTS) is 1. The fourth-order valence-electron chi connectivity index (χ4n) is 3.59. The number of aliphatic carboxylic acids is 1. The Morgan fingerprint density at radius 1 is 0.704 bits per heavy atom. The summed E-state index contributed by atoms with van der Waals surface area (Å²) in [5, 5.41) is 13.3. The van der Waals surface area contributed by atoms with E-state index in [0.717, 1.165) is 22.3 Å². The van der Waals surface area contributed by atoms with Crippen LogP contribution in [-0.2, 0) is 11.2 Å². The second-order valence-electron chi connectivity index (χ2n) is 6.64. The number of rotatable bonds is 5. The Bertz CT molecular complexity index is 1110. The Morgan fingerprint density at radius 2 is 1.33 bits per heavy atom. The molecule has 0 aromatic heterocycles. The molecule has 132 valence electrons. The number of carbonyl (C=O) groups excluding carboxylic acids is 1. The van der Waals surface area contributed by atoms with Crippen LogP contribution in [0.5, 0.6) is 0 Å². The van der Waals surface area contributed by atoms with Crippen LogP contribution < -0.4 is 5.11 Å². The quantitative estimate of drug-likeness (QED) is 0.515. The Hall–Kier alpha value is -3.39. The van der Waals surface area contributed by atoms with Crippen LogP contribution in [0.25, 0.3) is 33.0 Å². The van der Waals surface area contributed by atoms with Gasteiger partial charge in [0, 0.05) is 5.97 Å². The molecule has 0 heterocycles. The van der Waals surface area contributed by atoms with Gasteiger partial charge in [-0.2, -0.15) is 0 Å². The summed E-state index contributed by atoms with van der Waals surface area (Å²) in [6, 6.07) is 31.1. The summed E-state index contributed by atoms with van der Waals surface area (Å²) in [4.78, 5) is 10.9. The molecule has 0 bridgehead atoms. The molecule has 0 atom stereocenters. The number of aryl methyl sites for hydroxylation is 1. The Labute approximate surface area is 158 Å². The number of hydrogen-bond acceptors (Lipinski definition) is 2. The van der Waals surface area contributed by atoms with Crippen LogP contribution >= 0.6 is 0 Å². The maximum Gasteiger partial charge on any atom is 0.0417 e. The van der Waals surface area contributed by atoms with Crippen LogP contribution in [-0.4, -0.2) is 5.97 Å². The van der Waals surface area contributed by atoms with Gasteiger partial charge in [-0.1, -0.05) is 84.9 Å². The molecule has 2 heteroatoms. The molecule has 0 aliphatic carbocycles. The molecule has 2 nitrogen and oxygen atoms in total. The van der Waals surface area contributed by atoms with Crippen LogP contribution in [0.3, 0.4) is 0 Å². The SMILES string of the molecule is O=C([O-])CCc1ccccc1-c1cccc(-c2cccc3ccccc23)c1. The molecule has 0 spiro atoms. The number of hydrogen-bond donors (Lipinski definition) is 0. The van der Waals surface area contributed by atoms with E-state index in [9.17, 15) is 9.90 Å². The van der Waals surface area contributed by atoms with E-state index >= 15 is 0 Å². The lowest BCUT2D eigenvalue weighted by Gasteiger charge is -2.13. The fourth-order valence-corrected chi connectivity index (χ4v) is 3.59. The van der Waals surface area contributed by atoms with Gasteiger partial charge in [-0.05, 0) is 57.5 Å². The van der Waals surface area contributed by atoms with Crippen molar-refractivity contribution in [3.8, 4) is 22.3 Å². The monoisotopic (exact) mass is 351 g/mol. The van der Waals surface area contributed by atoms with Gasteiger partial charge in [0.25, 0.3) is 0 Å². The van der Waals surface area contributed by atoms with Crippen molar-refractivity contribution in [2.45, 2.75) is 12.8 Å². The molecule has 0 unspecified atom stereocenters. The summed E-state index contributed by atoms with van der Waals surface area (Å²) in [5.41, 5.74) is 5.54. The summed E-state index contributed by atoms with van der Waals surface area (Å²) in [6.45, 7) is 0. The van der Waals surface area contributed by atoms with Gasteiger partial charge in [0.2, 0.25) is 0 Å². The minimum atomic E-state index is -1.02. The molecule has 0 fully saturated rings. The van der Waals surface area contributed by atoms with E-state index in [1.54, 1.807) is 0 Å². The second-order valence-corrected chi connectivity index (χ2v) is 6.64. The largest absolute Gasteiger partial charge is 0.550 e. The summed E-state index contributed by atoms with van der Waals surface area (Å²) < 4.78 is 0. The van der Waals surface area contributed by atoms with Gasteiger partial charge in [-0.15, -0.1) is 0 Å². The minimum absolute atomic E-state index is 0.0278. The Kier molecular flexibility index (Phi) is 4.71. The molecular weight excluding hydrogens is 332 g/mol. The van der Waals surface area contributed by atoms with Gasteiger partial charge in [0.05, 0.1) is 0 Å². The van der Waals surface area contributed by atoms with Crippen molar-refractivity contribution in [3.05, 3.63) is 96.6 Å². The van der Waals surface area contributed by atoms with Crippen molar-refractivity contribution in [2.24, 2.45) is 0 Å². The normalized spacial score (nSPS) is 10.8. The Morgan fingerprint density at radius 3 is 2.19 bits per heavy atom. The van der Waals surface area contributed by atoms with Crippen molar-refractivity contribution in [1.82, 2.24) is 0 Å². The minimum Gasteiger partial charge on any atom is -0.550 e. The molecule has 4 aromatic rings. The van der Waals surface area contributed by atoms with E-state index in [2.05, 4.69) is 66.7 Å². The van der Waals surface area contributed by atoms with Crippen molar-refractivity contribution in [2.75, 3.05) is 0 Å². The van der Waals surface area contributed by atoms with Gasteiger partial charge < -0.3 is 9.90 Å². The topological polar surface area (TPSA) is 40.1 Å². The van der Waals surface area contributed by atoms with Crippen molar-refractivity contribution in [3.63, 3.8) is 0 Å². The van der Waals surface area contributed by atoms with E-state index in [4.69, 9.17) is 0 Å². The lowest BCUT2D eigenvalue weighted by atomic mass is 9.92. The third-order valence-electron chi connectivity index (χ3n) is 4.89. The average Bonchev–Trinajstić information content (AvgIpc) is 2.72. The number of carboxylic acids is 1. The van der Waals surface area contributed by atoms with Gasteiger partial charge in [0.1, 0.15) is 0 Å². The number of carbonyl (C=O) groups is 1. The van der Waals surface area contributed by atoms with Gasteiger partial charge in [-0.3, -0.25) is 0 Å². The smallest absolute Gasteiger partial charge is 0.0417 e. The third-order valence-corrected chi connectivity index (χ3v) is 4.89. The van der Waals surface area contributed by atoms with E-state index < -0.39 is 5.97 Å². The maximum absolute atomic E-state index is 10.9. The van der Waals surface area contributed by atoms with Crippen LogP contribution in [0, 0.1) is 0 Å². The first kappa shape index (κ1) is 17.0. The van der Waals surface area contributed by atoms with Gasteiger partial charge >= 0.3 is 0 Å². The van der Waals surface area contributed by atoms with Crippen LogP contribution in [0.15, 0.2) is 91.0 Å². The lowest BCUT2D eigenvalue weighted by Crippen LogP contribution is -2.22. The molecule has 0 aliphatic heterocycles. The molecule has 0 N–H and O–H groups in total. The predicted molar refractivity (Wildman–Crippen MR) is 108 cm³/mol. The summed E-state index contributed by atoms with van der Waals surface area (Å²) in [6.07, 6.45) is 0.497. The molecule has 0 saturated carbocycles. The van der Waals surface area contributed by atoms with Crippen molar-refractivity contribution < 1.29 is 9.90 Å². The summed E-state index contributed by atoms with van der Waals surface area (Å²) >= 11 is 0. The molecule has 0 aliphatic rings. The van der Waals surface area contributed by atoms with Crippen LogP contribution in [0.4, 0.5) is 0 Å². The zero-order chi connectivity index (χ0) is 18.6. The maximum atomic E-state index is 10.9. The molecule has 4 aromatic carbocycles. The zero-order valence-electron chi connectivity index (χ0n) is 14.9. The van der Waals surface area contributed by atoms with Crippen LogP contribution in [0.2, 0.25) is 0 Å². The highest BCUT2D eigenvalue weighted by molar-refractivity contribution is 5.97. The third kappa shape index (κ3) is 3.61. The predicted octanol–water partition coefficient (Wildman–Crippen LogP) is 4.86. The molecule has 4 rings (SSSR count). The van der Waals surface area contributed by atoms with Gasteiger partial charge in [-0.25, -0.2) is 0 Å². The van der Waals surface area contributed by atoms with E-state index in [1.165, 1.54) is 16.3 Å². The Balaban J connectivity index is 1.79. The first-order valence-electron chi connectivity index (χ1n) is 9.09. The van der Waals surface area contributed by atoms with E-state index in [0.29, 0.717) is 6.42 Å². The van der Waals surface area contributed by atoms with Crippen molar-refractivity contribution in [1.29, 1.82) is 0 Å². The van der Waals surface area contributed by atoms with E-state index in [1.807, 2.05) is 24.3 Å². The van der Waals surface area contributed by atoms with E-state index in [-0.39, 0.29) is 6.42 Å². The summed E-state index contributed by atoms with van der Waals surface area (Å²) in [5.74, 6) is -1.02. The standard InChI is InChI=1S/C25H20O2/c26-25(27)16-15-19-8-1-3-12-22(19)20-10-5-11-21(17-20)24-14-6-9-18-7-2-4-13-23(18)24/h1-14,17H,15-16H2,(H,26,27)/p-1. The number of fused-ring (bicyclic) bond motifs is 1. The summed E-state index contributed by atoms with van der Waals surface area (Å²) in [7, 11) is 0. The first-order valence-corrected chi connectivity index (χ1v) is 9.09. The molecule has 0 saturated heterocycles. The highest BCUT2D eigenvalue weighted by atomic mass is 16.4. The average molecular weight is 351 g/mol. The molecule has 0 radical (unpaired) electrons. The fraction of sp³-hybridized carbons (Fsp3) is 0.0800. The lowest BCUT2D eigenvalue weighted by molar-refractivity contribution is -0.305. The first-order chi connectivity index (χ1) is 13.2. The highest BCUT2D eigenvalue weighted by Gasteiger charge is 2.08. The molecule has 0 amide bonds. The van der Waals surface area contributed by atoms with Crippen molar-refractivity contribution >= 4 is 16.7 Å². The highest BCUT2D eigenvalue weighted by Crippen LogP contribution is 2.32. The molecular formula is C25H19O2-. The zero-order valence-corrected chi connectivity index (χ0v) is 14.9. The van der Waals surface area contributed by atoms with Crippen LogP contribution in [0.1, 0.15) is 12.0 Å². The van der Waals surface area contributed by atoms with Gasteiger partial charge in [0.15, 0.2) is 0 Å². The number of benzene rings is 4. The second kappa shape index (κ2) is 7.46.